The molecule has 0 radical (unpaired) electrons. The first-order valence-electron chi connectivity index (χ1n) is 7.63. The van der Waals surface area contributed by atoms with Crippen molar-refractivity contribution in [3.05, 3.63) is 47.0 Å². The molecule has 120 valence electrons. The second kappa shape index (κ2) is 6.91. The van der Waals surface area contributed by atoms with E-state index >= 15 is 0 Å². The third-order valence-electron chi connectivity index (χ3n) is 3.89. The van der Waals surface area contributed by atoms with Gasteiger partial charge in [-0.1, -0.05) is 11.6 Å². The van der Waals surface area contributed by atoms with E-state index in [9.17, 15) is 4.79 Å². The molecule has 0 saturated carbocycles. The van der Waals surface area contributed by atoms with Crippen LogP contribution in [0.5, 0.6) is 0 Å². The maximum atomic E-state index is 12.5. The van der Waals surface area contributed by atoms with E-state index in [0.717, 1.165) is 31.5 Å². The topological polar surface area (TPSA) is 71.0 Å². The molecule has 1 aliphatic rings. The van der Waals surface area contributed by atoms with E-state index in [1.165, 1.54) is 6.20 Å². The lowest BCUT2D eigenvalue weighted by Crippen LogP contribution is -2.29. The molecule has 2 aromatic rings. The molecule has 1 N–H and O–H groups in total. The van der Waals surface area contributed by atoms with E-state index in [-0.39, 0.29) is 22.7 Å². The van der Waals surface area contributed by atoms with Crippen molar-refractivity contribution < 1.29 is 4.79 Å². The molecule has 0 spiro atoms. The Labute approximate surface area is 139 Å². The highest BCUT2D eigenvalue weighted by atomic mass is 35.5. The highest BCUT2D eigenvalue weighted by molar-refractivity contribution is 6.33. The predicted octanol–water partition coefficient (Wildman–Crippen LogP) is 2.62. The van der Waals surface area contributed by atoms with E-state index in [1.54, 1.807) is 12.4 Å². The molecular weight excluding hydrogens is 314 g/mol. The van der Waals surface area contributed by atoms with Gasteiger partial charge in [-0.25, -0.2) is 9.97 Å². The molecule has 1 aliphatic heterocycles. The molecule has 1 saturated heterocycles. The average molecular weight is 332 g/mol. The van der Waals surface area contributed by atoms with Crippen LogP contribution < -0.4 is 10.2 Å². The summed E-state index contributed by atoms with van der Waals surface area (Å²) < 4.78 is 0. The highest BCUT2D eigenvalue weighted by Gasteiger charge is 2.20. The van der Waals surface area contributed by atoms with Crippen LogP contribution in [0.25, 0.3) is 0 Å². The molecule has 3 rings (SSSR count). The van der Waals surface area contributed by atoms with Crippen LogP contribution in [0.4, 0.5) is 5.95 Å². The minimum absolute atomic E-state index is 0.160. The van der Waals surface area contributed by atoms with E-state index < -0.39 is 0 Å². The Kier molecular flexibility index (Phi) is 4.71. The van der Waals surface area contributed by atoms with Crippen molar-refractivity contribution in [1.29, 1.82) is 0 Å². The molecule has 2 aromatic heterocycles. The summed E-state index contributed by atoms with van der Waals surface area (Å²) >= 11 is 6.11. The first-order valence-corrected chi connectivity index (χ1v) is 8.01. The summed E-state index contributed by atoms with van der Waals surface area (Å²) in [5.74, 6) is 0.260. The van der Waals surface area contributed by atoms with Gasteiger partial charge in [-0.15, -0.1) is 0 Å². The Bertz CT molecular complexity index is 688. The molecule has 0 unspecified atom stereocenters. The molecule has 1 amide bonds. The summed E-state index contributed by atoms with van der Waals surface area (Å²) in [6.45, 7) is 3.73. The van der Waals surface area contributed by atoms with Crippen LogP contribution in [0.1, 0.15) is 41.9 Å². The number of hydrogen-bond donors (Lipinski definition) is 1. The lowest BCUT2D eigenvalue weighted by molar-refractivity contribution is 0.0935. The fraction of sp³-hybridized carbons (Fsp3) is 0.375. The number of pyridine rings is 1. The molecule has 3 heterocycles. The van der Waals surface area contributed by atoms with Crippen molar-refractivity contribution in [2.24, 2.45) is 0 Å². The Hall–Kier alpha value is -2.21. The van der Waals surface area contributed by atoms with Crippen LogP contribution in [-0.4, -0.2) is 33.9 Å². The minimum atomic E-state index is -0.304. The lowest BCUT2D eigenvalue weighted by atomic mass is 10.1. The van der Waals surface area contributed by atoms with Crippen molar-refractivity contribution in [3.8, 4) is 0 Å². The average Bonchev–Trinajstić information content (AvgIpc) is 3.10. The zero-order valence-corrected chi connectivity index (χ0v) is 13.6. The van der Waals surface area contributed by atoms with Crippen molar-refractivity contribution in [3.63, 3.8) is 0 Å². The van der Waals surface area contributed by atoms with Gasteiger partial charge in [0.15, 0.2) is 5.69 Å². The smallest absolute Gasteiger partial charge is 0.272 e. The number of hydrogen-bond acceptors (Lipinski definition) is 5. The van der Waals surface area contributed by atoms with Gasteiger partial charge < -0.3 is 10.2 Å². The molecule has 0 bridgehead atoms. The number of aromatic nitrogens is 3. The van der Waals surface area contributed by atoms with Crippen molar-refractivity contribution >= 4 is 23.5 Å². The highest BCUT2D eigenvalue weighted by Crippen LogP contribution is 2.20. The number of nitrogens with zero attached hydrogens (tertiary/aromatic N) is 4. The van der Waals surface area contributed by atoms with E-state index in [1.807, 2.05) is 19.1 Å². The second-order valence-electron chi connectivity index (χ2n) is 5.54. The first kappa shape index (κ1) is 15.7. The van der Waals surface area contributed by atoms with Gasteiger partial charge in [0.2, 0.25) is 5.95 Å². The van der Waals surface area contributed by atoms with Crippen LogP contribution in [0.2, 0.25) is 5.02 Å². The van der Waals surface area contributed by atoms with E-state index in [2.05, 4.69) is 25.2 Å². The Morgan fingerprint density at radius 3 is 2.70 bits per heavy atom. The summed E-state index contributed by atoms with van der Waals surface area (Å²) in [6.07, 6.45) is 7.12. The molecule has 6 nitrogen and oxygen atoms in total. The van der Waals surface area contributed by atoms with Crippen molar-refractivity contribution in [1.82, 2.24) is 20.3 Å². The van der Waals surface area contributed by atoms with Gasteiger partial charge in [-0.3, -0.25) is 9.78 Å². The predicted molar refractivity (Wildman–Crippen MR) is 88.6 cm³/mol. The fourth-order valence-corrected chi connectivity index (χ4v) is 2.76. The molecule has 0 aliphatic carbocycles. The van der Waals surface area contributed by atoms with Crippen LogP contribution in [0.3, 0.4) is 0 Å². The minimum Gasteiger partial charge on any atom is -0.344 e. The summed E-state index contributed by atoms with van der Waals surface area (Å²) in [4.78, 5) is 27.1. The molecule has 1 atom stereocenters. The Balaban J connectivity index is 1.77. The van der Waals surface area contributed by atoms with E-state index in [4.69, 9.17) is 11.6 Å². The van der Waals surface area contributed by atoms with Crippen LogP contribution >= 0.6 is 11.6 Å². The number of carbonyl (C=O) groups is 1. The van der Waals surface area contributed by atoms with Gasteiger partial charge >= 0.3 is 0 Å². The van der Waals surface area contributed by atoms with Crippen molar-refractivity contribution in [2.75, 3.05) is 18.0 Å². The number of anilines is 1. The SMILES string of the molecule is C[C@@H](NC(=O)c1nc(N2CCCC2)ncc1Cl)c1ccncc1. The van der Waals surface area contributed by atoms with Crippen LogP contribution in [0, 0.1) is 0 Å². The summed E-state index contributed by atoms with van der Waals surface area (Å²) in [6, 6.07) is 3.57. The quantitative estimate of drug-likeness (QED) is 0.932. The monoisotopic (exact) mass is 331 g/mol. The third-order valence-corrected chi connectivity index (χ3v) is 4.17. The normalized spacial score (nSPS) is 15.5. The van der Waals surface area contributed by atoms with Gasteiger partial charge in [0, 0.05) is 25.5 Å². The standard InChI is InChI=1S/C16H18ClN5O/c1-11(12-4-6-18-7-5-12)20-15(23)14-13(17)10-19-16(21-14)22-8-2-3-9-22/h4-7,10-11H,2-3,8-9H2,1H3,(H,20,23)/t11-/m1/s1. The van der Waals surface area contributed by atoms with Gasteiger partial charge in [0.05, 0.1) is 17.3 Å². The van der Waals surface area contributed by atoms with Gasteiger partial charge in [0.1, 0.15) is 0 Å². The summed E-state index contributed by atoms with van der Waals surface area (Å²) in [7, 11) is 0. The zero-order chi connectivity index (χ0) is 16.2. The van der Waals surface area contributed by atoms with Gasteiger partial charge in [-0.2, -0.15) is 0 Å². The number of amides is 1. The zero-order valence-electron chi connectivity index (χ0n) is 12.9. The second-order valence-corrected chi connectivity index (χ2v) is 5.94. The fourth-order valence-electron chi connectivity index (χ4n) is 2.59. The molecule has 23 heavy (non-hydrogen) atoms. The largest absolute Gasteiger partial charge is 0.344 e. The molecule has 7 heteroatoms. The maximum Gasteiger partial charge on any atom is 0.272 e. The lowest BCUT2D eigenvalue weighted by Gasteiger charge is -2.17. The molecule has 0 aromatic carbocycles. The first-order chi connectivity index (χ1) is 11.1. The number of carbonyl (C=O) groups excluding carboxylic acids is 1. The molecular formula is C16H18ClN5O. The maximum absolute atomic E-state index is 12.5. The third kappa shape index (κ3) is 3.59. The van der Waals surface area contributed by atoms with Crippen LogP contribution in [-0.2, 0) is 0 Å². The van der Waals surface area contributed by atoms with Gasteiger partial charge in [-0.05, 0) is 37.5 Å². The molecule has 1 fully saturated rings. The van der Waals surface area contributed by atoms with Crippen molar-refractivity contribution in [2.45, 2.75) is 25.8 Å². The summed E-state index contributed by atoms with van der Waals surface area (Å²) in [5.41, 5.74) is 1.18. The summed E-state index contributed by atoms with van der Waals surface area (Å²) in [5, 5.41) is 3.17. The van der Waals surface area contributed by atoms with Crippen LogP contribution in [0.15, 0.2) is 30.7 Å². The Morgan fingerprint density at radius 1 is 1.30 bits per heavy atom. The number of nitrogens with one attached hydrogen (secondary N) is 1. The number of rotatable bonds is 4. The van der Waals surface area contributed by atoms with E-state index in [0.29, 0.717) is 5.95 Å². The Morgan fingerprint density at radius 2 is 2.00 bits per heavy atom. The van der Waals surface area contributed by atoms with Gasteiger partial charge in [0.25, 0.3) is 5.91 Å². The number of halogens is 1.